The molecule has 1 N–H and O–H groups in total. The third-order valence-corrected chi connectivity index (χ3v) is 14.1. The average molecular weight is 756 g/mol. The molecule has 12 nitrogen and oxygen atoms in total. The molecule has 5 unspecified atom stereocenters. The van der Waals surface area contributed by atoms with Crippen LogP contribution in [0.2, 0.25) is 0 Å². The van der Waals surface area contributed by atoms with Crippen LogP contribution in [-0.4, -0.2) is 78.4 Å². The monoisotopic (exact) mass is 755 g/mol. The number of ketones is 1. The lowest BCUT2D eigenvalue weighted by Gasteiger charge is -2.35. The number of sulfonamides is 1. The van der Waals surface area contributed by atoms with Gasteiger partial charge in [0.15, 0.2) is 5.78 Å². The lowest BCUT2D eigenvalue weighted by Crippen LogP contribution is -2.48. The van der Waals surface area contributed by atoms with Gasteiger partial charge in [0.25, 0.3) is 0 Å². The predicted molar refractivity (Wildman–Crippen MR) is 196 cm³/mol. The van der Waals surface area contributed by atoms with E-state index in [1.807, 2.05) is 39.8 Å². The molecule has 3 amide bonds. The Kier molecular flexibility index (Phi) is 10.8. The molecule has 292 valence electrons. The van der Waals surface area contributed by atoms with Crippen LogP contribution in [0, 0.1) is 28.1 Å². The van der Waals surface area contributed by atoms with E-state index in [0.29, 0.717) is 38.8 Å². The average Bonchev–Trinajstić information content (AvgIpc) is 3.97. The van der Waals surface area contributed by atoms with Crippen molar-refractivity contribution < 1.29 is 41.9 Å². The molecule has 1 aromatic rings. The molecular formula is C40H57N3O9S. The molecule has 0 aromatic heterocycles. The Hall–Kier alpha value is -3.48. The van der Waals surface area contributed by atoms with E-state index >= 15 is 0 Å². The Bertz CT molecular complexity index is 1750. The number of nitrogens with zero attached hydrogens (tertiary/aromatic N) is 2. The first-order valence-electron chi connectivity index (χ1n) is 19.4. The molecule has 4 bridgehead atoms. The second kappa shape index (κ2) is 14.6. The van der Waals surface area contributed by atoms with Gasteiger partial charge < -0.3 is 14.4 Å². The van der Waals surface area contributed by atoms with Crippen molar-refractivity contribution in [1.29, 1.82) is 0 Å². The summed E-state index contributed by atoms with van der Waals surface area (Å²) < 4.78 is 39.6. The Balaban J connectivity index is 1.28. The number of hydrogen-bond donors (Lipinski definition) is 1. The smallest absolute Gasteiger partial charge is 0.410 e. The second-order valence-electron chi connectivity index (χ2n) is 18.1. The molecule has 2 aliphatic carbocycles. The van der Waals surface area contributed by atoms with Gasteiger partial charge in [0, 0.05) is 25.9 Å². The summed E-state index contributed by atoms with van der Waals surface area (Å²) in [5, 5.41) is -0.592. The topological polar surface area (TPSA) is 156 Å². The molecular weight excluding hydrogens is 699 g/mol. The molecule has 3 fully saturated rings. The van der Waals surface area contributed by atoms with E-state index in [4.69, 9.17) is 9.47 Å². The van der Waals surface area contributed by atoms with Gasteiger partial charge in [-0.15, -0.1) is 0 Å². The van der Waals surface area contributed by atoms with Crippen molar-refractivity contribution in [3.05, 3.63) is 34.9 Å². The number of hydrogen-bond acceptors (Lipinski definition) is 9. The van der Waals surface area contributed by atoms with Gasteiger partial charge >= 0.3 is 12.1 Å². The summed E-state index contributed by atoms with van der Waals surface area (Å²) in [7, 11) is -3.83. The van der Waals surface area contributed by atoms with Crippen LogP contribution in [0.4, 0.5) is 4.79 Å². The molecule has 5 atom stereocenters. The fourth-order valence-electron chi connectivity index (χ4n) is 8.57. The SMILES string of the molecule is CCC1CC1(CC(=O)C1CC2CN1C(=O)C(C(C)(C)C)CC(=O)OCC(C)(C)CCCCc1cccc3c1CN(C3)C(=O)O2)C(=O)NS(=O)(=O)C1CC1. The van der Waals surface area contributed by atoms with Gasteiger partial charge in [-0.3, -0.25) is 28.8 Å². The summed E-state index contributed by atoms with van der Waals surface area (Å²) in [4.78, 5) is 72.7. The summed E-state index contributed by atoms with van der Waals surface area (Å²) in [5.74, 6) is -3.00. The van der Waals surface area contributed by atoms with Crippen LogP contribution in [0.1, 0.15) is 122 Å². The number of ether oxygens (including phenoxy) is 2. The fourth-order valence-corrected chi connectivity index (χ4v) is 9.96. The third kappa shape index (κ3) is 8.60. The van der Waals surface area contributed by atoms with E-state index in [2.05, 4.69) is 24.6 Å². The van der Waals surface area contributed by atoms with Crippen LogP contribution < -0.4 is 4.72 Å². The Morgan fingerprint density at radius 1 is 1.04 bits per heavy atom. The van der Waals surface area contributed by atoms with E-state index in [1.54, 1.807) is 4.90 Å². The molecule has 3 aliphatic heterocycles. The van der Waals surface area contributed by atoms with Gasteiger partial charge in [0.05, 0.1) is 42.2 Å². The maximum absolute atomic E-state index is 14.6. The molecule has 3 heterocycles. The molecule has 6 rings (SSSR count). The van der Waals surface area contributed by atoms with E-state index in [9.17, 15) is 32.4 Å². The quantitative estimate of drug-likeness (QED) is 0.358. The van der Waals surface area contributed by atoms with Gasteiger partial charge in [-0.1, -0.05) is 72.6 Å². The number of nitrogens with one attached hydrogen (secondary N) is 1. The number of esters is 1. The van der Waals surface area contributed by atoms with Gasteiger partial charge in [-0.2, -0.15) is 0 Å². The summed E-state index contributed by atoms with van der Waals surface area (Å²) >= 11 is 0. The lowest BCUT2D eigenvalue weighted by molar-refractivity contribution is -0.155. The number of amides is 3. The molecule has 13 heteroatoms. The Labute approximate surface area is 314 Å². The first kappa shape index (κ1) is 39.2. The summed E-state index contributed by atoms with van der Waals surface area (Å²) in [6.07, 6.45) is 3.82. The molecule has 0 spiro atoms. The Morgan fingerprint density at radius 2 is 1.75 bits per heavy atom. The lowest BCUT2D eigenvalue weighted by atomic mass is 9.77. The van der Waals surface area contributed by atoms with Gasteiger partial charge in [-0.05, 0) is 72.0 Å². The van der Waals surface area contributed by atoms with Crippen molar-refractivity contribution in [3.63, 3.8) is 0 Å². The summed E-state index contributed by atoms with van der Waals surface area (Å²) in [6, 6.07) is 5.12. The number of benzene rings is 1. The third-order valence-electron chi connectivity index (χ3n) is 12.3. The van der Waals surface area contributed by atoms with E-state index in [-0.39, 0.29) is 49.5 Å². The van der Waals surface area contributed by atoms with Crippen LogP contribution >= 0.6 is 0 Å². The van der Waals surface area contributed by atoms with Crippen LogP contribution in [-0.2, 0) is 58.2 Å². The highest BCUT2D eigenvalue weighted by molar-refractivity contribution is 7.90. The zero-order valence-corrected chi connectivity index (χ0v) is 33.0. The van der Waals surface area contributed by atoms with Crippen molar-refractivity contribution >= 4 is 39.7 Å². The fraction of sp³-hybridized carbons (Fsp3) is 0.725. The van der Waals surface area contributed by atoms with Crippen LogP contribution in [0.3, 0.4) is 0 Å². The van der Waals surface area contributed by atoms with Gasteiger partial charge in [-0.25, -0.2) is 13.2 Å². The van der Waals surface area contributed by atoms with Crippen LogP contribution in [0.25, 0.3) is 0 Å². The first-order valence-corrected chi connectivity index (χ1v) is 21.0. The maximum atomic E-state index is 14.6. The zero-order chi connectivity index (χ0) is 38.5. The molecule has 0 radical (unpaired) electrons. The summed E-state index contributed by atoms with van der Waals surface area (Å²) in [5.41, 5.74) is 1.24. The number of carbonyl (C=O) groups is 5. The predicted octanol–water partition coefficient (Wildman–Crippen LogP) is 5.44. The second-order valence-corrected chi connectivity index (χ2v) is 20.1. The number of Topliss-reactive ketones (excluding diaryl/α,β-unsaturated/α-hetero) is 1. The highest BCUT2D eigenvalue weighted by Gasteiger charge is 2.62. The number of rotatable bonds is 7. The molecule has 53 heavy (non-hydrogen) atoms. The first-order chi connectivity index (χ1) is 24.8. The van der Waals surface area contributed by atoms with Crippen molar-refractivity contribution in [3.8, 4) is 0 Å². The van der Waals surface area contributed by atoms with Crippen molar-refractivity contribution in [1.82, 2.24) is 14.5 Å². The minimum Gasteiger partial charge on any atom is -0.465 e. The molecule has 1 aromatic carbocycles. The summed E-state index contributed by atoms with van der Waals surface area (Å²) in [6.45, 7) is 12.6. The normalized spacial score (nSPS) is 29.7. The number of fused-ring (bicyclic) bond motifs is 3. The van der Waals surface area contributed by atoms with Gasteiger partial charge in [0.2, 0.25) is 21.8 Å². The van der Waals surface area contributed by atoms with Crippen LogP contribution in [0.15, 0.2) is 18.2 Å². The number of cyclic esters (lactones) is 1. The Morgan fingerprint density at radius 3 is 2.42 bits per heavy atom. The van der Waals surface area contributed by atoms with E-state index < -0.39 is 68.0 Å². The van der Waals surface area contributed by atoms with E-state index in [1.165, 1.54) is 10.5 Å². The number of aryl methyl sites for hydroxylation is 1. The molecule has 2 saturated carbocycles. The van der Waals surface area contributed by atoms with Crippen molar-refractivity contribution in [2.45, 2.75) is 143 Å². The minimum absolute atomic E-state index is 0.0344. The maximum Gasteiger partial charge on any atom is 0.410 e. The minimum atomic E-state index is -3.83. The molecule has 1 saturated heterocycles. The van der Waals surface area contributed by atoms with Crippen LogP contribution in [0.5, 0.6) is 0 Å². The number of carbonyl (C=O) groups excluding carboxylic acids is 5. The molecule has 5 aliphatic rings. The van der Waals surface area contributed by atoms with Crippen molar-refractivity contribution in [2.75, 3.05) is 13.2 Å². The van der Waals surface area contributed by atoms with E-state index in [0.717, 1.165) is 36.8 Å². The zero-order valence-electron chi connectivity index (χ0n) is 32.2. The highest BCUT2D eigenvalue weighted by Crippen LogP contribution is 2.58. The standard InChI is InChI=1S/C40H57N3O9S/c1-7-27-19-40(27,36(47)41-53(49,50)29-14-15-29)20-33(44)32-17-28-22-43(32)35(46)31(38(2,3)4)18-34(45)51-24-39(5,6)16-9-8-11-25-12-10-13-26-21-42(23-30(25)26)37(48)52-28/h10,12-13,27-29,31-32H,7-9,11,14-24H2,1-6H3,(H,41,47). The largest absolute Gasteiger partial charge is 0.465 e. The van der Waals surface area contributed by atoms with Gasteiger partial charge in [0.1, 0.15) is 6.10 Å². The van der Waals surface area contributed by atoms with Crippen molar-refractivity contribution in [2.24, 2.45) is 28.1 Å². The highest BCUT2D eigenvalue weighted by atomic mass is 32.2.